The molecule has 158 valence electrons. The predicted molar refractivity (Wildman–Crippen MR) is 126 cm³/mol. The second-order valence-electron chi connectivity index (χ2n) is 7.32. The molecule has 1 heterocycles. The van der Waals surface area contributed by atoms with Gasteiger partial charge in [-0.25, -0.2) is 0 Å². The average Bonchev–Trinajstić information content (AvgIpc) is 2.67. The number of piperidine rings is 1. The van der Waals surface area contributed by atoms with Gasteiger partial charge in [-0.2, -0.15) is 0 Å². The number of likely N-dealkylation sites (tertiary alicyclic amines) is 1. The van der Waals surface area contributed by atoms with E-state index in [0.29, 0.717) is 18.3 Å². The van der Waals surface area contributed by atoms with E-state index in [0.717, 1.165) is 57.2 Å². The van der Waals surface area contributed by atoms with Crippen LogP contribution in [-0.4, -0.2) is 50.1 Å². The van der Waals surface area contributed by atoms with Crippen LogP contribution < -0.4 is 15.8 Å². The van der Waals surface area contributed by atoms with Gasteiger partial charge in [-0.15, -0.1) is 24.0 Å². The van der Waals surface area contributed by atoms with Gasteiger partial charge in [-0.3, -0.25) is 9.79 Å². The van der Waals surface area contributed by atoms with E-state index in [-0.39, 0.29) is 29.9 Å². The van der Waals surface area contributed by atoms with Crippen molar-refractivity contribution < 1.29 is 9.53 Å². The number of hydrogen-bond acceptors (Lipinski definition) is 3. The van der Waals surface area contributed by atoms with Gasteiger partial charge in [0.25, 0.3) is 0 Å². The number of aliphatic imine (C=N–C) groups is 1. The van der Waals surface area contributed by atoms with E-state index in [2.05, 4.69) is 36.2 Å². The van der Waals surface area contributed by atoms with Crippen LogP contribution in [0, 0.1) is 5.92 Å². The molecular weight excluding hydrogens is 467 g/mol. The van der Waals surface area contributed by atoms with Crippen molar-refractivity contribution in [3.8, 4) is 5.75 Å². The zero-order chi connectivity index (χ0) is 19.6. The summed E-state index contributed by atoms with van der Waals surface area (Å²) in [5.74, 6) is 2.39. The van der Waals surface area contributed by atoms with Crippen LogP contribution in [0.4, 0.5) is 0 Å². The number of nitrogens with zero attached hydrogens (tertiary/aromatic N) is 2. The molecule has 0 saturated carbocycles. The van der Waals surface area contributed by atoms with Crippen LogP contribution in [0.1, 0.15) is 51.0 Å². The molecule has 1 aliphatic rings. The lowest BCUT2D eigenvalue weighted by Crippen LogP contribution is -2.47. The first-order chi connectivity index (χ1) is 13.0. The van der Waals surface area contributed by atoms with Gasteiger partial charge < -0.3 is 20.7 Å². The summed E-state index contributed by atoms with van der Waals surface area (Å²) in [6.45, 7) is 7.75. The number of nitrogens with two attached hydrogens (primary N) is 1. The van der Waals surface area contributed by atoms with Gasteiger partial charge >= 0.3 is 0 Å². The molecule has 0 aliphatic carbocycles. The molecule has 0 radical (unpaired) electrons. The fourth-order valence-electron chi connectivity index (χ4n) is 3.60. The van der Waals surface area contributed by atoms with Crippen molar-refractivity contribution >= 4 is 35.8 Å². The van der Waals surface area contributed by atoms with Gasteiger partial charge in [-0.1, -0.05) is 19.1 Å². The number of carbonyl (C=O) groups is 1. The minimum absolute atomic E-state index is 0. The van der Waals surface area contributed by atoms with Gasteiger partial charge in [0.2, 0.25) is 5.91 Å². The number of guanidine groups is 1. The zero-order valence-electron chi connectivity index (χ0n) is 17.3. The fourth-order valence-corrected chi connectivity index (χ4v) is 3.60. The summed E-state index contributed by atoms with van der Waals surface area (Å²) in [5, 5.41) is 3.40. The molecule has 2 unspecified atom stereocenters. The highest BCUT2D eigenvalue weighted by molar-refractivity contribution is 14.0. The average molecular weight is 502 g/mol. The molecule has 2 rings (SSSR count). The van der Waals surface area contributed by atoms with Gasteiger partial charge in [0.05, 0.1) is 7.11 Å². The summed E-state index contributed by atoms with van der Waals surface area (Å²) in [4.78, 5) is 18.4. The highest BCUT2D eigenvalue weighted by Gasteiger charge is 2.23. The Balaban J connectivity index is 0.00000392. The summed E-state index contributed by atoms with van der Waals surface area (Å²) >= 11 is 0. The van der Waals surface area contributed by atoms with Crippen molar-refractivity contribution in [2.24, 2.45) is 16.6 Å². The third kappa shape index (κ3) is 7.85. The Bertz CT molecular complexity index is 621. The van der Waals surface area contributed by atoms with E-state index in [1.54, 1.807) is 7.11 Å². The first-order valence-corrected chi connectivity index (χ1v) is 9.99. The normalized spacial score (nSPS) is 18.2. The SMILES string of the molecule is CCNC(=NCCC(C)c1ccc(OC)cc1)N1CCCC(CC(N)=O)C1.I. The predicted octanol–water partition coefficient (Wildman–Crippen LogP) is 3.36. The summed E-state index contributed by atoms with van der Waals surface area (Å²) in [6, 6.07) is 8.26. The molecule has 1 aromatic carbocycles. The van der Waals surface area contributed by atoms with Crippen LogP contribution in [-0.2, 0) is 4.79 Å². The molecule has 1 aliphatic heterocycles. The van der Waals surface area contributed by atoms with E-state index in [4.69, 9.17) is 15.5 Å². The third-order valence-electron chi connectivity index (χ3n) is 5.15. The lowest BCUT2D eigenvalue weighted by Gasteiger charge is -2.34. The van der Waals surface area contributed by atoms with Crippen LogP contribution in [0.5, 0.6) is 5.75 Å². The first-order valence-electron chi connectivity index (χ1n) is 9.99. The molecule has 3 N–H and O–H groups in total. The Morgan fingerprint density at radius 2 is 2.11 bits per heavy atom. The Morgan fingerprint density at radius 1 is 1.39 bits per heavy atom. The Labute approximate surface area is 186 Å². The number of rotatable bonds is 8. The van der Waals surface area contributed by atoms with Crippen LogP contribution in [0.25, 0.3) is 0 Å². The second-order valence-corrected chi connectivity index (χ2v) is 7.32. The zero-order valence-corrected chi connectivity index (χ0v) is 19.6. The van der Waals surface area contributed by atoms with Gasteiger partial charge in [0.1, 0.15) is 5.75 Å². The fraction of sp³-hybridized carbons (Fsp3) is 0.619. The summed E-state index contributed by atoms with van der Waals surface area (Å²) in [5.41, 5.74) is 6.68. The van der Waals surface area contributed by atoms with E-state index < -0.39 is 0 Å². The van der Waals surface area contributed by atoms with E-state index in [1.807, 2.05) is 12.1 Å². The molecule has 1 fully saturated rings. The molecule has 0 aromatic heterocycles. The number of methoxy groups -OCH3 is 1. The minimum atomic E-state index is -0.211. The maximum atomic E-state index is 11.2. The number of ether oxygens (including phenoxy) is 1. The second kappa shape index (κ2) is 12.9. The Kier molecular flexibility index (Phi) is 11.3. The van der Waals surface area contributed by atoms with E-state index >= 15 is 0 Å². The number of benzene rings is 1. The molecule has 28 heavy (non-hydrogen) atoms. The smallest absolute Gasteiger partial charge is 0.217 e. The first kappa shape index (κ1) is 24.5. The molecule has 0 spiro atoms. The molecule has 2 atom stereocenters. The molecule has 0 bridgehead atoms. The minimum Gasteiger partial charge on any atom is -0.497 e. The number of primary amides is 1. The summed E-state index contributed by atoms with van der Waals surface area (Å²) < 4.78 is 5.22. The van der Waals surface area contributed by atoms with Crippen molar-refractivity contribution in [2.45, 2.75) is 45.4 Å². The van der Waals surface area contributed by atoms with Crippen molar-refractivity contribution in [2.75, 3.05) is 33.3 Å². The maximum Gasteiger partial charge on any atom is 0.217 e. The van der Waals surface area contributed by atoms with Crippen molar-refractivity contribution in [3.63, 3.8) is 0 Å². The summed E-state index contributed by atoms with van der Waals surface area (Å²) in [7, 11) is 1.68. The third-order valence-corrected chi connectivity index (χ3v) is 5.15. The van der Waals surface area contributed by atoms with Crippen LogP contribution >= 0.6 is 24.0 Å². The largest absolute Gasteiger partial charge is 0.497 e. The highest BCUT2D eigenvalue weighted by atomic mass is 127. The van der Waals surface area contributed by atoms with Crippen molar-refractivity contribution in [3.05, 3.63) is 29.8 Å². The molecular formula is C21H35IN4O2. The molecule has 1 amide bonds. The highest BCUT2D eigenvalue weighted by Crippen LogP contribution is 2.22. The Morgan fingerprint density at radius 3 is 2.71 bits per heavy atom. The van der Waals surface area contributed by atoms with Crippen LogP contribution in [0.3, 0.4) is 0 Å². The molecule has 1 aromatic rings. The number of nitrogens with one attached hydrogen (secondary N) is 1. The van der Waals surface area contributed by atoms with Gasteiger partial charge in [0, 0.05) is 32.6 Å². The maximum absolute atomic E-state index is 11.2. The van der Waals surface area contributed by atoms with E-state index in [9.17, 15) is 4.79 Å². The lowest BCUT2D eigenvalue weighted by molar-refractivity contribution is -0.119. The number of amides is 1. The molecule has 1 saturated heterocycles. The van der Waals surface area contributed by atoms with Gasteiger partial charge in [0.15, 0.2) is 5.96 Å². The van der Waals surface area contributed by atoms with Gasteiger partial charge in [-0.05, 0) is 55.7 Å². The number of carbonyl (C=O) groups excluding carboxylic acids is 1. The quantitative estimate of drug-likeness (QED) is 0.325. The standard InChI is InChI=1S/C21H34N4O2.HI/c1-4-23-21(25-13-5-6-17(15-25)14-20(22)26)24-12-11-16(2)18-7-9-19(27-3)10-8-18;/h7-10,16-17H,4-6,11-15H2,1-3H3,(H2,22,26)(H,23,24);1H. The number of halogens is 1. The summed E-state index contributed by atoms with van der Waals surface area (Å²) in [6.07, 6.45) is 3.59. The van der Waals surface area contributed by atoms with Crippen LogP contribution in [0.2, 0.25) is 0 Å². The van der Waals surface area contributed by atoms with E-state index in [1.165, 1.54) is 5.56 Å². The van der Waals surface area contributed by atoms with Crippen molar-refractivity contribution in [1.29, 1.82) is 0 Å². The molecule has 7 heteroatoms. The number of hydrogen-bond donors (Lipinski definition) is 2. The van der Waals surface area contributed by atoms with Crippen LogP contribution in [0.15, 0.2) is 29.3 Å². The lowest BCUT2D eigenvalue weighted by atomic mass is 9.95. The topological polar surface area (TPSA) is 80.0 Å². The molecule has 6 nitrogen and oxygen atoms in total. The Hall–Kier alpha value is -1.51. The monoisotopic (exact) mass is 502 g/mol. The van der Waals surface area contributed by atoms with Crippen molar-refractivity contribution in [1.82, 2.24) is 10.2 Å².